The van der Waals surface area contributed by atoms with E-state index in [1.165, 1.54) is 7.11 Å². The van der Waals surface area contributed by atoms with E-state index in [1.54, 1.807) is 19.1 Å². The first kappa shape index (κ1) is 40.6. The first-order chi connectivity index (χ1) is 22.8. The van der Waals surface area contributed by atoms with Crippen molar-refractivity contribution >= 4 is 40.8 Å². The summed E-state index contributed by atoms with van der Waals surface area (Å²) in [6.45, 7) is 4.48. The van der Waals surface area contributed by atoms with Gasteiger partial charge in [-0.2, -0.15) is 0 Å². The largest absolute Gasteiger partial charge is 0.527 e. The highest BCUT2D eigenvalue weighted by molar-refractivity contribution is 7.47. The summed E-state index contributed by atoms with van der Waals surface area (Å²) >= 11 is 0. The number of methoxy groups -OCH3 is 1. The van der Waals surface area contributed by atoms with E-state index >= 15 is 0 Å². The van der Waals surface area contributed by atoms with Gasteiger partial charge in [0.25, 0.3) is 0 Å². The highest BCUT2D eigenvalue weighted by atomic mass is 31.2. The van der Waals surface area contributed by atoms with Gasteiger partial charge in [-0.3, -0.25) is 33.7 Å². The second kappa shape index (κ2) is 20.7. The minimum absolute atomic E-state index is 0.0205. The van der Waals surface area contributed by atoms with Gasteiger partial charge in [-0.25, -0.2) is 4.57 Å². The maximum absolute atomic E-state index is 13.3. The van der Waals surface area contributed by atoms with Gasteiger partial charge in [-0.05, 0) is 48.9 Å². The predicted molar refractivity (Wildman–Crippen MR) is 182 cm³/mol. The van der Waals surface area contributed by atoms with Gasteiger partial charge < -0.3 is 35.6 Å². The second-order valence-corrected chi connectivity index (χ2v) is 13.1. The van der Waals surface area contributed by atoms with Crippen LogP contribution in [0, 0.1) is 12.8 Å². The molecule has 7 N–H and O–H groups in total. The van der Waals surface area contributed by atoms with Crippen molar-refractivity contribution in [1.82, 2.24) is 26.4 Å². The van der Waals surface area contributed by atoms with Crippen molar-refractivity contribution in [2.24, 2.45) is 5.92 Å². The van der Waals surface area contributed by atoms with Crippen LogP contribution >= 0.6 is 17.2 Å². The molecule has 0 saturated carbocycles. The summed E-state index contributed by atoms with van der Waals surface area (Å²) in [6, 6.07) is 10.4. The van der Waals surface area contributed by atoms with Crippen LogP contribution in [-0.2, 0) is 41.3 Å². The van der Waals surface area contributed by atoms with Crippen LogP contribution < -0.4 is 35.6 Å². The van der Waals surface area contributed by atoms with E-state index in [4.69, 9.17) is 13.8 Å². The molecule has 0 aromatic heterocycles. The molecule has 15 nitrogen and oxygen atoms in total. The molecule has 0 aliphatic heterocycles. The van der Waals surface area contributed by atoms with Crippen LogP contribution in [0.5, 0.6) is 11.5 Å². The SMILES string of the molecule is COc1cc(C)cc(CO)c1OP(=O)(O)OCCCNC(=O)CNC(=O)C(CC(C)C)NC(=O)C(Cc1ccccc1)NC(=O)CNP. The molecule has 0 aliphatic rings. The first-order valence-electron chi connectivity index (χ1n) is 15.3. The lowest BCUT2D eigenvalue weighted by atomic mass is 10.0. The summed E-state index contributed by atoms with van der Waals surface area (Å²) in [4.78, 5) is 61.2. The van der Waals surface area contributed by atoms with Crippen LogP contribution in [0.15, 0.2) is 42.5 Å². The van der Waals surface area contributed by atoms with E-state index in [0.29, 0.717) is 0 Å². The molecule has 0 heterocycles. The zero-order valence-corrected chi connectivity index (χ0v) is 29.7. The van der Waals surface area contributed by atoms with E-state index in [-0.39, 0.29) is 68.5 Å². The first-order valence-corrected chi connectivity index (χ1v) is 17.4. The molecule has 4 atom stereocenters. The van der Waals surface area contributed by atoms with E-state index < -0.39 is 50.1 Å². The minimum Gasteiger partial charge on any atom is -0.493 e. The van der Waals surface area contributed by atoms with Crippen LogP contribution in [0.3, 0.4) is 0 Å². The number of phosphoric ester groups is 1. The quantitative estimate of drug-likeness (QED) is 0.0723. The zero-order chi connectivity index (χ0) is 35.7. The second-order valence-electron chi connectivity index (χ2n) is 11.3. The Morgan fingerprint density at radius 3 is 2.29 bits per heavy atom. The average Bonchev–Trinajstić information content (AvgIpc) is 3.03. The molecule has 0 radical (unpaired) electrons. The number of aryl methyl sites for hydroxylation is 1. The Morgan fingerprint density at radius 1 is 0.958 bits per heavy atom. The van der Waals surface area contributed by atoms with Crippen LogP contribution in [0.25, 0.3) is 0 Å². The molecule has 17 heteroatoms. The molecule has 0 fully saturated rings. The molecule has 4 amide bonds. The number of carbonyl (C=O) groups is 4. The van der Waals surface area contributed by atoms with E-state index in [0.717, 1.165) is 11.1 Å². The number of carbonyl (C=O) groups excluding carboxylic acids is 4. The van der Waals surface area contributed by atoms with Gasteiger partial charge in [0, 0.05) is 18.5 Å². The smallest absolute Gasteiger partial charge is 0.493 e. The van der Waals surface area contributed by atoms with Gasteiger partial charge in [0.1, 0.15) is 12.1 Å². The molecule has 0 saturated heterocycles. The maximum Gasteiger partial charge on any atom is 0.527 e. The summed E-state index contributed by atoms with van der Waals surface area (Å²) < 4.78 is 27.8. The number of benzene rings is 2. The van der Waals surface area contributed by atoms with E-state index in [2.05, 4.69) is 35.7 Å². The van der Waals surface area contributed by atoms with Crippen molar-refractivity contribution in [1.29, 1.82) is 0 Å². The third kappa shape index (κ3) is 14.7. The molecule has 0 spiro atoms. The molecular formula is C31H47N5O10P2. The summed E-state index contributed by atoms with van der Waals surface area (Å²) in [6.07, 6.45) is 0.630. The van der Waals surface area contributed by atoms with Crippen LogP contribution in [0.1, 0.15) is 43.4 Å². The van der Waals surface area contributed by atoms with Gasteiger partial charge >= 0.3 is 7.82 Å². The molecular weight excluding hydrogens is 664 g/mol. The number of phosphoric acid groups is 1. The fourth-order valence-electron chi connectivity index (χ4n) is 4.53. The Labute approximate surface area is 283 Å². The van der Waals surface area contributed by atoms with Crippen LogP contribution in [0.2, 0.25) is 0 Å². The third-order valence-electron chi connectivity index (χ3n) is 6.73. The molecule has 2 aromatic rings. The lowest BCUT2D eigenvalue weighted by Crippen LogP contribution is -2.56. The van der Waals surface area contributed by atoms with Crippen molar-refractivity contribution in [2.75, 3.05) is 33.4 Å². The molecule has 4 unspecified atom stereocenters. The fourth-order valence-corrected chi connectivity index (χ4v) is 5.57. The van der Waals surface area contributed by atoms with Gasteiger partial charge in [0.2, 0.25) is 23.6 Å². The summed E-state index contributed by atoms with van der Waals surface area (Å²) in [5.74, 6) is -1.98. The number of rotatable bonds is 21. The normalized spacial score (nSPS) is 13.5. The van der Waals surface area contributed by atoms with E-state index in [9.17, 15) is 33.7 Å². The van der Waals surface area contributed by atoms with Gasteiger partial charge in [-0.15, -0.1) is 0 Å². The summed E-state index contributed by atoms with van der Waals surface area (Å²) in [5.41, 5.74) is 1.82. The predicted octanol–water partition coefficient (Wildman–Crippen LogP) is 1.25. The number of amides is 4. The molecule has 0 aliphatic carbocycles. The van der Waals surface area contributed by atoms with Crippen molar-refractivity contribution in [3.8, 4) is 11.5 Å². The Kier molecular flexibility index (Phi) is 17.5. The minimum atomic E-state index is -4.60. The average molecular weight is 712 g/mol. The van der Waals surface area contributed by atoms with Crippen molar-refractivity contribution in [3.05, 3.63) is 59.2 Å². The maximum atomic E-state index is 13.3. The lowest BCUT2D eigenvalue weighted by molar-refractivity contribution is -0.132. The van der Waals surface area contributed by atoms with Gasteiger partial charge in [-0.1, -0.05) is 53.6 Å². The molecule has 48 heavy (non-hydrogen) atoms. The number of nitrogens with one attached hydrogen (secondary N) is 5. The monoisotopic (exact) mass is 711 g/mol. The van der Waals surface area contributed by atoms with Crippen molar-refractivity contribution in [2.45, 2.75) is 58.7 Å². The van der Waals surface area contributed by atoms with Crippen LogP contribution in [0.4, 0.5) is 0 Å². The number of hydrogen-bond acceptors (Lipinski definition) is 10. The van der Waals surface area contributed by atoms with Gasteiger partial charge in [0.15, 0.2) is 11.5 Å². The fraction of sp³-hybridized carbons (Fsp3) is 0.484. The molecule has 2 aromatic carbocycles. The molecule has 0 bridgehead atoms. The van der Waals surface area contributed by atoms with E-state index in [1.807, 2.05) is 44.2 Å². The third-order valence-corrected chi connectivity index (χ3v) is 7.86. The topological polar surface area (TPSA) is 214 Å². The van der Waals surface area contributed by atoms with Crippen molar-refractivity contribution in [3.63, 3.8) is 0 Å². The van der Waals surface area contributed by atoms with Gasteiger partial charge in [0.05, 0.1) is 33.4 Å². The summed E-state index contributed by atoms with van der Waals surface area (Å²) in [7, 11) is -1.02. The highest BCUT2D eigenvalue weighted by Crippen LogP contribution is 2.48. The standard InChI is InChI=1S/C31H47N5O10P2/c1-20(2)13-24(36-31(41)25(35-28(39)18-34-47)16-22-9-6-5-7-10-22)30(40)33-17-27(38)32-11-8-12-45-48(42,43)46-29-23(19-37)14-21(3)15-26(29)44-4/h5-7,9-10,14-15,20,24-25,34,37H,8,11-13,16-19,47H2,1-4H3,(H,32,38)(H,33,40)(H,35,39)(H,36,41)(H,42,43). The van der Waals surface area contributed by atoms with Crippen molar-refractivity contribution < 1.29 is 47.5 Å². The molecule has 266 valence electrons. The highest BCUT2D eigenvalue weighted by Gasteiger charge is 2.29. The summed E-state index contributed by atoms with van der Waals surface area (Å²) in [5, 5.41) is 22.8. The Morgan fingerprint density at radius 2 is 1.67 bits per heavy atom. The lowest BCUT2D eigenvalue weighted by Gasteiger charge is -2.24. The number of ether oxygens (including phenoxy) is 1. The number of aliphatic hydroxyl groups excluding tert-OH is 1. The Bertz CT molecular complexity index is 1390. The Balaban J connectivity index is 1.87. The Hall–Kier alpha value is -3.58. The molecule has 2 rings (SSSR count). The van der Waals surface area contributed by atoms with Crippen LogP contribution in [-0.4, -0.2) is 79.1 Å². The number of aliphatic hydroxyl groups is 1. The number of hydrogen-bond donors (Lipinski definition) is 7. The zero-order valence-electron chi connectivity index (χ0n) is 27.6.